The van der Waals surface area contributed by atoms with Gasteiger partial charge in [0, 0.05) is 19.3 Å². The van der Waals surface area contributed by atoms with Gasteiger partial charge >= 0.3 is 5.97 Å². The summed E-state index contributed by atoms with van der Waals surface area (Å²) in [6, 6.07) is 19.9. The summed E-state index contributed by atoms with van der Waals surface area (Å²) in [5.74, 6) is -2.00. The number of nitrogens with one attached hydrogen (secondary N) is 2. The standard InChI is InChI=1S/C28H32N4O5/c1-18(2)28(35)37-25-22(36-5)16-17-29-23(25)27(34)30-19(3)26(33)31-32(4)24(20-12-8-6-9-13-20)21-14-10-7-11-15-21/h6-19,24H,1-5H3,(H,30,34)(H,31,33)/t19-/m0/s1. The third-order valence-corrected chi connectivity index (χ3v) is 5.62. The highest BCUT2D eigenvalue weighted by Crippen LogP contribution is 2.30. The third kappa shape index (κ3) is 6.92. The molecule has 2 N–H and O–H groups in total. The number of carbonyl (C=O) groups excluding carboxylic acids is 3. The van der Waals surface area contributed by atoms with E-state index < -0.39 is 29.7 Å². The molecule has 9 heteroatoms. The fraction of sp³-hybridized carbons (Fsp3) is 0.286. The van der Waals surface area contributed by atoms with E-state index in [9.17, 15) is 14.4 Å². The summed E-state index contributed by atoms with van der Waals surface area (Å²) in [4.78, 5) is 42.4. The van der Waals surface area contributed by atoms with E-state index in [0.717, 1.165) is 11.1 Å². The number of aromatic nitrogens is 1. The first kappa shape index (κ1) is 27.3. The Labute approximate surface area is 216 Å². The van der Waals surface area contributed by atoms with E-state index in [1.807, 2.05) is 60.7 Å². The molecule has 2 amide bonds. The van der Waals surface area contributed by atoms with Crippen LogP contribution in [0.5, 0.6) is 11.5 Å². The van der Waals surface area contributed by atoms with Crippen LogP contribution in [0.3, 0.4) is 0 Å². The lowest BCUT2D eigenvalue weighted by molar-refractivity contribution is -0.138. The second-order valence-corrected chi connectivity index (χ2v) is 8.77. The summed E-state index contributed by atoms with van der Waals surface area (Å²) in [5, 5.41) is 4.33. The molecule has 0 saturated heterocycles. The van der Waals surface area contributed by atoms with Crippen molar-refractivity contribution in [3.05, 3.63) is 89.7 Å². The fourth-order valence-corrected chi connectivity index (χ4v) is 3.65. The number of hydrogen-bond acceptors (Lipinski definition) is 7. The van der Waals surface area contributed by atoms with Gasteiger partial charge in [0.05, 0.1) is 19.1 Å². The van der Waals surface area contributed by atoms with E-state index in [1.165, 1.54) is 19.4 Å². The first-order chi connectivity index (χ1) is 17.7. The van der Waals surface area contributed by atoms with Gasteiger partial charge in [-0.15, -0.1) is 0 Å². The molecule has 0 radical (unpaired) electrons. The molecule has 1 atom stereocenters. The third-order valence-electron chi connectivity index (χ3n) is 5.62. The van der Waals surface area contributed by atoms with Crippen molar-refractivity contribution in [2.24, 2.45) is 5.92 Å². The number of ether oxygens (including phenoxy) is 2. The summed E-state index contributed by atoms with van der Waals surface area (Å²) in [6.45, 7) is 4.90. The monoisotopic (exact) mass is 504 g/mol. The number of carbonyl (C=O) groups is 3. The summed E-state index contributed by atoms with van der Waals surface area (Å²) in [5.41, 5.74) is 4.69. The smallest absolute Gasteiger partial charge is 0.313 e. The molecule has 0 aliphatic rings. The Bertz CT molecular complexity index is 1180. The van der Waals surface area contributed by atoms with Crippen LogP contribution in [0.15, 0.2) is 72.9 Å². The molecule has 0 saturated carbocycles. The number of pyridine rings is 1. The molecule has 194 valence electrons. The van der Waals surface area contributed by atoms with Crippen LogP contribution in [0, 0.1) is 5.92 Å². The van der Waals surface area contributed by atoms with Crippen LogP contribution in [0.25, 0.3) is 0 Å². The molecule has 0 bridgehead atoms. The second-order valence-electron chi connectivity index (χ2n) is 8.77. The molecule has 0 fully saturated rings. The van der Waals surface area contributed by atoms with Crippen molar-refractivity contribution < 1.29 is 23.9 Å². The molecular weight excluding hydrogens is 472 g/mol. The highest BCUT2D eigenvalue weighted by atomic mass is 16.6. The van der Waals surface area contributed by atoms with Crippen LogP contribution < -0.4 is 20.2 Å². The molecular formula is C28H32N4O5. The predicted octanol–water partition coefficient (Wildman–Crippen LogP) is 3.52. The summed E-state index contributed by atoms with van der Waals surface area (Å²) >= 11 is 0. The predicted molar refractivity (Wildman–Crippen MR) is 139 cm³/mol. The quantitative estimate of drug-likeness (QED) is 0.321. The number of methoxy groups -OCH3 is 1. The maximum absolute atomic E-state index is 13.1. The van der Waals surface area contributed by atoms with E-state index >= 15 is 0 Å². The van der Waals surface area contributed by atoms with E-state index in [4.69, 9.17) is 9.47 Å². The molecule has 1 aromatic heterocycles. The van der Waals surface area contributed by atoms with E-state index in [-0.39, 0.29) is 23.2 Å². The average Bonchev–Trinajstić information content (AvgIpc) is 2.89. The van der Waals surface area contributed by atoms with Gasteiger partial charge in [0.1, 0.15) is 6.04 Å². The SMILES string of the molecule is COc1ccnc(C(=O)N[C@@H](C)C(=O)NN(C)C(c2ccccc2)c2ccccc2)c1OC(=O)C(C)C. The second kappa shape index (κ2) is 12.6. The number of hydrazine groups is 1. The molecule has 37 heavy (non-hydrogen) atoms. The lowest BCUT2D eigenvalue weighted by atomic mass is 9.98. The molecule has 1 heterocycles. The normalized spacial score (nSPS) is 11.8. The van der Waals surface area contributed by atoms with Gasteiger partial charge in [0.15, 0.2) is 11.4 Å². The molecule has 2 aromatic carbocycles. The van der Waals surface area contributed by atoms with Crippen LogP contribution in [-0.2, 0) is 9.59 Å². The minimum absolute atomic E-state index is 0.0980. The zero-order valence-electron chi connectivity index (χ0n) is 21.6. The van der Waals surface area contributed by atoms with Crippen molar-refractivity contribution in [1.29, 1.82) is 0 Å². The average molecular weight is 505 g/mol. The van der Waals surface area contributed by atoms with Gasteiger partial charge in [-0.1, -0.05) is 74.5 Å². The van der Waals surface area contributed by atoms with Crippen molar-refractivity contribution in [2.45, 2.75) is 32.9 Å². The zero-order valence-corrected chi connectivity index (χ0v) is 21.6. The summed E-state index contributed by atoms with van der Waals surface area (Å²) in [7, 11) is 3.16. The highest BCUT2D eigenvalue weighted by molar-refractivity contribution is 5.99. The van der Waals surface area contributed by atoms with Gasteiger partial charge < -0.3 is 14.8 Å². The Morgan fingerprint density at radius 1 is 0.892 bits per heavy atom. The van der Waals surface area contributed by atoms with Crippen LogP contribution in [-0.4, -0.2) is 48.0 Å². The van der Waals surface area contributed by atoms with Gasteiger partial charge in [0.2, 0.25) is 5.75 Å². The Morgan fingerprint density at radius 2 is 1.46 bits per heavy atom. The lowest BCUT2D eigenvalue weighted by Crippen LogP contribution is -2.51. The molecule has 0 spiro atoms. The zero-order chi connectivity index (χ0) is 26.9. The molecule has 9 nitrogen and oxygen atoms in total. The van der Waals surface area contributed by atoms with Gasteiger partial charge in [-0.05, 0) is 18.1 Å². The first-order valence-corrected chi connectivity index (χ1v) is 11.9. The van der Waals surface area contributed by atoms with Crippen LogP contribution in [0.4, 0.5) is 0 Å². The lowest BCUT2D eigenvalue weighted by Gasteiger charge is -2.30. The Hall–Kier alpha value is -4.24. The molecule has 0 unspecified atom stereocenters. The van der Waals surface area contributed by atoms with E-state index in [0.29, 0.717) is 0 Å². The van der Waals surface area contributed by atoms with Crippen LogP contribution in [0.1, 0.15) is 48.4 Å². The molecule has 0 aliphatic carbocycles. The van der Waals surface area contributed by atoms with E-state index in [2.05, 4.69) is 15.7 Å². The molecule has 3 rings (SSSR count). The van der Waals surface area contributed by atoms with Gasteiger partial charge in [-0.25, -0.2) is 9.99 Å². The van der Waals surface area contributed by atoms with Crippen LogP contribution >= 0.6 is 0 Å². The van der Waals surface area contributed by atoms with E-state index in [1.54, 1.807) is 32.8 Å². The van der Waals surface area contributed by atoms with Crippen molar-refractivity contribution in [1.82, 2.24) is 20.7 Å². The molecule has 3 aromatic rings. The number of esters is 1. The maximum Gasteiger partial charge on any atom is 0.313 e. The number of nitrogens with zero attached hydrogens (tertiary/aromatic N) is 2. The minimum Gasteiger partial charge on any atom is -0.493 e. The summed E-state index contributed by atoms with van der Waals surface area (Å²) in [6.07, 6.45) is 1.36. The largest absolute Gasteiger partial charge is 0.493 e. The Kier molecular flexibility index (Phi) is 9.34. The Morgan fingerprint density at radius 3 is 1.97 bits per heavy atom. The molecule has 0 aliphatic heterocycles. The Balaban J connectivity index is 1.76. The number of rotatable bonds is 10. The van der Waals surface area contributed by atoms with Gasteiger partial charge in [0.25, 0.3) is 11.8 Å². The minimum atomic E-state index is -0.927. The number of benzene rings is 2. The van der Waals surface area contributed by atoms with Crippen molar-refractivity contribution in [3.63, 3.8) is 0 Å². The number of hydrogen-bond donors (Lipinski definition) is 2. The first-order valence-electron chi connectivity index (χ1n) is 11.9. The van der Waals surface area contributed by atoms with Crippen molar-refractivity contribution in [3.8, 4) is 11.5 Å². The van der Waals surface area contributed by atoms with Crippen LogP contribution in [0.2, 0.25) is 0 Å². The highest BCUT2D eigenvalue weighted by Gasteiger charge is 2.27. The van der Waals surface area contributed by atoms with Gasteiger partial charge in [-0.2, -0.15) is 0 Å². The summed E-state index contributed by atoms with van der Waals surface area (Å²) < 4.78 is 10.6. The fourth-order valence-electron chi connectivity index (χ4n) is 3.65. The number of amides is 2. The maximum atomic E-state index is 13.1. The van der Waals surface area contributed by atoms with Crippen molar-refractivity contribution in [2.75, 3.05) is 14.2 Å². The van der Waals surface area contributed by atoms with Gasteiger partial charge in [-0.3, -0.25) is 19.8 Å². The topological polar surface area (TPSA) is 110 Å². The van der Waals surface area contributed by atoms with Crippen molar-refractivity contribution >= 4 is 17.8 Å².